The van der Waals surface area contributed by atoms with E-state index in [1.165, 1.54) is 43.6 Å². The second kappa shape index (κ2) is 11.0. The highest BCUT2D eigenvalue weighted by Crippen LogP contribution is 2.33. The maximum atomic E-state index is 13.7. The van der Waals surface area contributed by atoms with Gasteiger partial charge in [0.1, 0.15) is 12.4 Å². The first-order chi connectivity index (χ1) is 18.4. The van der Waals surface area contributed by atoms with Crippen LogP contribution in [-0.4, -0.2) is 56.8 Å². The minimum absolute atomic E-state index is 0.0427. The van der Waals surface area contributed by atoms with Crippen molar-refractivity contribution in [2.45, 2.75) is 19.0 Å². The lowest BCUT2D eigenvalue weighted by atomic mass is 10.2. The van der Waals surface area contributed by atoms with Crippen LogP contribution in [0.2, 0.25) is 0 Å². The number of hydrogen-bond donors (Lipinski definition) is 1. The van der Waals surface area contributed by atoms with E-state index in [9.17, 15) is 18.0 Å². The average Bonchev–Trinajstić information content (AvgIpc) is 3.61. The van der Waals surface area contributed by atoms with Crippen molar-refractivity contribution in [3.63, 3.8) is 0 Å². The molecular weight excluding hydrogens is 497 g/mol. The van der Waals surface area contributed by atoms with Crippen molar-refractivity contribution in [1.29, 1.82) is 0 Å². The zero-order valence-corrected chi connectivity index (χ0v) is 20.4. The molecule has 1 N–H and O–H groups in total. The van der Waals surface area contributed by atoms with Crippen LogP contribution >= 0.6 is 0 Å². The highest BCUT2D eigenvalue weighted by atomic mass is 19.4. The number of nitrogens with one attached hydrogen (secondary N) is 1. The predicted octanol–water partition coefficient (Wildman–Crippen LogP) is 5.08. The molecule has 1 aromatic carbocycles. The molecule has 38 heavy (non-hydrogen) atoms. The molecule has 8 nitrogen and oxygen atoms in total. The number of amides is 1. The molecule has 3 aromatic heterocycles. The van der Waals surface area contributed by atoms with Gasteiger partial charge in [-0.2, -0.15) is 18.3 Å². The number of pyridine rings is 2. The molecule has 1 saturated heterocycles. The number of aromatic nitrogens is 4. The minimum Gasteiger partial charge on any atom is -0.492 e. The first kappa shape index (κ1) is 25.4. The molecule has 0 radical (unpaired) electrons. The molecule has 1 aliphatic rings. The van der Waals surface area contributed by atoms with E-state index in [0.29, 0.717) is 29.2 Å². The summed E-state index contributed by atoms with van der Waals surface area (Å²) in [6.45, 7) is 3.54. The fourth-order valence-corrected chi connectivity index (χ4v) is 4.23. The molecule has 1 aliphatic heterocycles. The third-order valence-corrected chi connectivity index (χ3v) is 6.15. The van der Waals surface area contributed by atoms with Gasteiger partial charge in [-0.1, -0.05) is 6.07 Å². The highest BCUT2D eigenvalue weighted by Gasteiger charge is 2.36. The molecule has 0 unspecified atom stereocenters. The molecule has 1 fully saturated rings. The number of alkyl halides is 3. The first-order valence-electron chi connectivity index (χ1n) is 12.2. The topological polar surface area (TPSA) is 85.2 Å². The number of nitrogens with zero attached hydrogens (tertiary/aromatic N) is 5. The fraction of sp³-hybridized carbons (Fsp3) is 0.259. The van der Waals surface area contributed by atoms with E-state index in [0.717, 1.165) is 30.4 Å². The van der Waals surface area contributed by atoms with Gasteiger partial charge >= 0.3 is 6.18 Å². The van der Waals surface area contributed by atoms with Gasteiger partial charge in [-0.3, -0.25) is 14.7 Å². The van der Waals surface area contributed by atoms with E-state index in [-0.39, 0.29) is 11.5 Å². The monoisotopic (exact) mass is 522 g/mol. The third kappa shape index (κ3) is 6.00. The number of rotatable bonds is 8. The molecular formula is C27H25F3N6O2. The van der Waals surface area contributed by atoms with E-state index < -0.39 is 17.8 Å². The summed E-state index contributed by atoms with van der Waals surface area (Å²) < 4.78 is 47.7. The summed E-state index contributed by atoms with van der Waals surface area (Å²) in [7, 11) is 0. The number of likely N-dealkylation sites (tertiary alicyclic amines) is 1. The second-order valence-corrected chi connectivity index (χ2v) is 8.85. The second-order valence-electron chi connectivity index (χ2n) is 8.85. The van der Waals surface area contributed by atoms with Crippen molar-refractivity contribution < 1.29 is 22.7 Å². The SMILES string of the molecule is O=C(Nc1ccc(-n2nc(-c3cccnc3)cc2C(F)(F)F)nc1)c1cccc(OCCN2CCCC2)c1. The maximum Gasteiger partial charge on any atom is 0.433 e. The molecule has 0 bridgehead atoms. The highest BCUT2D eigenvalue weighted by molar-refractivity contribution is 6.04. The molecule has 0 atom stereocenters. The lowest BCUT2D eigenvalue weighted by molar-refractivity contribution is -0.142. The smallest absolute Gasteiger partial charge is 0.433 e. The van der Waals surface area contributed by atoms with Crippen molar-refractivity contribution in [1.82, 2.24) is 24.6 Å². The van der Waals surface area contributed by atoms with Crippen LogP contribution in [0.5, 0.6) is 5.75 Å². The third-order valence-electron chi connectivity index (χ3n) is 6.15. The van der Waals surface area contributed by atoms with Crippen molar-refractivity contribution in [2.24, 2.45) is 0 Å². The molecule has 11 heteroatoms. The zero-order chi connectivity index (χ0) is 26.5. The number of anilines is 1. The molecule has 0 saturated carbocycles. The van der Waals surface area contributed by atoms with E-state index in [2.05, 4.69) is 25.3 Å². The molecule has 0 spiro atoms. The van der Waals surface area contributed by atoms with Crippen molar-refractivity contribution >= 4 is 11.6 Å². The molecule has 0 aliphatic carbocycles. The maximum absolute atomic E-state index is 13.7. The van der Waals surface area contributed by atoms with Gasteiger partial charge < -0.3 is 10.1 Å². The van der Waals surface area contributed by atoms with Crippen LogP contribution in [0.3, 0.4) is 0 Å². The lowest BCUT2D eigenvalue weighted by Gasteiger charge is -2.15. The van der Waals surface area contributed by atoms with E-state index in [4.69, 9.17) is 4.74 Å². The van der Waals surface area contributed by atoms with Gasteiger partial charge in [0, 0.05) is 30.1 Å². The van der Waals surface area contributed by atoms with Gasteiger partial charge in [0.05, 0.1) is 17.6 Å². The Morgan fingerprint density at radius 2 is 1.87 bits per heavy atom. The van der Waals surface area contributed by atoms with Crippen LogP contribution in [-0.2, 0) is 6.18 Å². The van der Waals surface area contributed by atoms with Crippen molar-refractivity contribution in [2.75, 3.05) is 31.6 Å². The Kier molecular flexibility index (Phi) is 7.36. The van der Waals surface area contributed by atoms with E-state index in [1.807, 2.05) is 0 Å². The van der Waals surface area contributed by atoms with E-state index >= 15 is 0 Å². The number of ether oxygens (including phenoxy) is 1. The van der Waals surface area contributed by atoms with Gasteiger partial charge in [0.15, 0.2) is 11.5 Å². The van der Waals surface area contributed by atoms with Crippen LogP contribution in [0, 0.1) is 0 Å². The largest absolute Gasteiger partial charge is 0.492 e. The van der Waals surface area contributed by atoms with Crippen molar-refractivity contribution in [3.8, 4) is 22.8 Å². The molecule has 5 rings (SSSR count). The first-order valence-corrected chi connectivity index (χ1v) is 12.2. The number of benzene rings is 1. The molecule has 4 aromatic rings. The van der Waals surface area contributed by atoms with Gasteiger partial charge in [-0.05, 0) is 74.5 Å². The summed E-state index contributed by atoms with van der Waals surface area (Å²) in [5.41, 5.74) is 0.310. The standard InChI is InChI=1S/C27H25F3N6O2/c28-27(29,30)24-16-23(20-6-4-10-31-17-20)34-36(24)25-9-8-21(18-32-25)33-26(37)19-5-3-7-22(15-19)38-14-13-35-11-1-2-12-35/h3-10,15-18H,1-2,11-14H2,(H,33,37). The fourth-order valence-electron chi connectivity index (χ4n) is 4.23. The minimum atomic E-state index is -4.65. The molecule has 196 valence electrons. The Labute approximate surface area is 217 Å². The predicted molar refractivity (Wildman–Crippen MR) is 135 cm³/mol. The Bertz CT molecular complexity index is 1380. The van der Waals surface area contributed by atoms with E-state index in [1.54, 1.807) is 36.4 Å². The summed E-state index contributed by atoms with van der Waals surface area (Å²) >= 11 is 0. The molecule has 1 amide bonds. The van der Waals surface area contributed by atoms with Gasteiger partial charge in [0.25, 0.3) is 5.91 Å². The molecule has 4 heterocycles. The average molecular weight is 523 g/mol. The summed E-state index contributed by atoms with van der Waals surface area (Å²) in [4.78, 5) is 23.2. The zero-order valence-electron chi connectivity index (χ0n) is 20.4. The Morgan fingerprint density at radius 3 is 2.58 bits per heavy atom. The van der Waals surface area contributed by atoms with Gasteiger partial charge in [-0.15, -0.1) is 0 Å². The number of hydrogen-bond acceptors (Lipinski definition) is 6. The quantitative estimate of drug-likeness (QED) is 0.348. The summed E-state index contributed by atoms with van der Waals surface area (Å²) in [6.07, 6.45) is 2.02. The Hall–Kier alpha value is -4.25. The van der Waals surface area contributed by atoms with Gasteiger partial charge in [-0.25, -0.2) is 9.67 Å². The number of carbonyl (C=O) groups excluding carboxylic acids is 1. The van der Waals surface area contributed by atoms with Gasteiger partial charge in [0.2, 0.25) is 0 Å². The van der Waals surface area contributed by atoms with Crippen LogP contribution in [0.15, 0.2) is 73.2 Å². The van der Waals surface area contributed by atoms with Crippen LogP contribution < -0.4 is 10.1 Å². The Morgan fingerprint density at radius 1 is 1.03 bits per heavy atom. The summed E-state index contributed by atoms with van der Waals surface area (Å²) in [5, 5.41) is 6.82. The Balaban J connectivity index is 1.27. The lowest BCUT2D eigenvalue weighted by Crippen LogP contribution is -2.25. The summed E-state index contributed by atoms with van der Waals surface area (Å²) in [6, 6.07) is 13.9. The van der Waals surface area contributed by atoms with Crippen LogP contribution in [0.4, 0.5) is 18.9 Å². The summed E-state index contributed by atoms with van der Waals surface area (Å²) in [5.74, 6) is 0.158. The normalized spacial score (nSPS) is 14.0. The van der Waals surface area contributed by atoms with Crippen LogP contribution in [0.1, 0.15) is 28.9 Å². The number of carbonyl (C=O) groups is 1. The van der Waals surface area contributed by atoms with Crippen molar-refractivity contribution in [3.05, 3.63) is 84.4 Å². The van der Waals surface area contributed by atoms with Crippen LogP contribution in [0.25, 0.3) is 17.1 Å². The number of halogens is 3.